The fourth-order valence-corrected chi connectivity index (χ4v) is 3.24. The predicted molar refractivity (Wildman–Crippen MR) is 113 cm³/mol. The lowest BCUT2D eigenvalue weighted by Gasteiger charge is -2.24. The van der Waals surface area contributed by atoms with Crippen molar-refractivity contribution < 1.29 is 14.7 Å². The molecular formula is C22H21N5O3. The van der Waals surface area contributed by atoms with E-state index < -0.39 is 11.9 Å². The monoisotopic (exact) mass is 403 g/mol. The normalized spacial score (nSPS) is 15.0. The number of anilines is 2. The smallest absolute Gasteiger partial charge is 0.303 e. The molecule has 4 rings (SSSR count). The number of allylic oxidation sites excluding steroid dienone is 1. The van der Waals surface area contributed by atoms with E-state index in [4.69, 9.17) is 5.11 Å². The summed E-state index contributed by atoms with van der Waals surface area (Å²) in [5.41, 5.74) is 4.11. The van der Waals surface area contributed by atoms with Crippen molar-refractivity contribution in [2.24, 2.45) is 0 Å². The number of benzene rings is 2. The summed E-state index contributed by atoms with van der Waals surface area (Å²) in [6.07, 6.45) is 1.68. The van der Waals surface area contributed by atoms with Crippen molar-refractivity contribution in [3.63, 3.8) is 0 Å². The molecule has 2 aromatic carbocycles. The van der Waals surface area contributed by atoms with E-state index in [1.54, 1.807) is 4.68 Å². The number of carbonyl (C=O) groups is 2. The van der Waals surface area contributed by atoms with Gasteiger partial charge in [-0.25, -0.2) is 4.68 Å². The summed E-state index contributed by atoms with van der Waals surface area (Å²) >= 11 is 0. The van der Waals surface area contributed by atoms with Gasteiger partial charge in [-0.1, -0.05) is 60.2 Å². The van der Waals surface area contributed by atoms with E-state index in [1.165, 1.54) is 5.56 Å². The molecular weight excluding hydrogens is 382 g/mol. The first kappa shape index (κ1) is 19.4. The highest BCUT2D eigenvalue weighted by atomic mass is 16.4. The highest BCUT2D eigenvalue weighted by molar-refractivity contribution is 5.91. The van der Waals surface area contributed by atoms with Crippen LogP contribution in [0.2, 0.25) is 0 Å². The quantitative estimate of drug-likeness (QED) is 0.582. The van der Waals surface area contributed by atoms with E-state index in [0.717, 1.165) is 16.8 Å². The fraction of sp³-hybridized carbons (Fsp3) is 0.182. The fourth-order valence-electron chi connectivity index (χ4n) is 3.24. The number of aromatic nitrogens is 3. The molecule has 0 bridgehead atoms. The Bertz CT molecular complexity index is 1100. The molecule has 0 spiro atoms. The number of rotatable bonds is 6. The number of hydrogen-bond acceptors (Lipinski definition) is 5. The van der Waals surface area contributed by atoms with Crippen LogP contribution in [0.25, 0.3) is 5.70 Å². The van der Waals surface area contributed by atoms with Crippen molar-refractivity contribution in [3.8, 4) is 0 Å². The highest BCUT2D eigenvalue weighted by Gasteiger charge is 2.25. The minimum atomic E-state index is -1.03. The van der Waals surface area contributed by atoms with Gasteiger partial charge in [0, 0.05) is 12.1 Å². The molecule has 1 aromatic heterocycles. The minimum absolute atomic E-state index is 0.132. The molecule has 0 saturated heterocycles. The molecule has 0 saturated carbocycles. The molecule has 30 heavy (non-hydrogen) atoms. The molecule has 0 aliphatic carbocycles. The summed E-state index contributed by atoms with van der Waals surface area (Å²) in [5, 5.41) is 19.0. The van der Waals surface area contributed by atoms with Gasteiger partial charge in [0.25, 0.3) is 5.95 Å². The van der Waals surface area contributed by atoms with E-state index in [2.05, 4.69) is 26.8 Å². The molecule has 1 unspecified atom stereocenters. The van der Waals surface area contributed by atoms with Gasteiger partial charge >= 0.3 is 5.97 Å². The molecule has 1 amide bonds. The minimum Gasteiger partial charge on any atom is -0.481 e. The number of aryl methyl sites for hydroxylation is 1. The summed E-state index contributed by atoms with van der Waals surface area (Å²) in [6, 6.07) is 17.8. The number of carboxylic acid groups (broad SMARTS) is 1. The second-order valence-electron chi connectivity index (χ2n) is 7.07. The van der Waals surface area contributed by atoms with Gasteiger partial charge < -0.3 is 10.4 Å². The predicted octanol–water partition coefficient (Wildman–Crippen LogP) is 3.45. The maximum Gasteiger partial charge on any atom is 0.303 e. The molecule has 1 aliphatic heterocycles. The molecule has 8 heteroatoms. The number of carbonyl (C=O) groups excluding carboxylic acids is 1. The SMILES string of the molecule is Cc1ccc(C2=CC(c3ccccc3)n3nc(NC(=O)CCC(=O)O)nc3N2)cc1. The average Bonchev–Trinajstić information content (AvgIpc) is 3.15. The first-order valence-corrected chi connectivity index (χ1v) is 9.58. The number of hydrogen-bond donors (Lipinski definition) is 3. The Kier molecular flexibility index (Phi) is 5.30. The van der Waals surface area contributed by atoms with E-state index in [1.807, 2.05) is 61.5 Å². The van der Waals surface area contributed by atoms with Crippen molar-refractivity contribution in [1.29, 1.82) is 0 Å². The van der Waals surface area contributed by atoms with Crippen LogP contribution < -0.4 is 10.6 Å². The number of aliphatic carboxylic acids is 1. The molecule has 0 fully saturated rings. The third kappa shape index (κ3) is 4.22. The number of fused-ring (bicyclic) bond motifs is 1. The second-order valence-corrected chi connectivity index (χ2v) is 7.07. The summed E-state index contributed by atoms with van der Waals surface area (Å²) in [5.74, 6) is -0.842. The molecule has 1 aliphatic rings. The van der Waals surface area contributed by atoms with Gasteiger partial charge in [0.05, 0.1) is 6.42 Å². The zero-order chi connectivity index (χ0) is 21.1. The van der Waals surface area contributed by atoms with Crippen LogP contribution in [0.5, 0.6) is 0 Å². The molecule has 1 atom stereocenters. The van der Waals surface area contributed by atoms with Crippen molar-refractivity contribution in [2.45, 2.75) is 25.8 Å². The summed E-state index contributed by atoms with van der Waals surface area (Å²) in [6.45, 7) is 2.04. The standard InChI is InChI=1S/C22H21N5O3/c1-14-7-9-15(10-8-14)17-13-18(16-5-3-2-4-6-16)27-22(23-17)25-21(26-27)24-19(28)11-12-20(29)30/h2-10,13,18H,11-12H2,1H3,(H,29,30)(H2,23,24,25,26,28). The van der Waals surface area contributed by atoms with Crippen molar-refractivity contribution >= 4 is 29.5 Å². The van der Waals surface area contributed by atoms with Gasteiger partial charge in [-0.15, -0.1) is 5.10 Å². The summed E-state index contributed by atoms with van der Waals surface area (Å²) in [7, 11) is 0. The molecule has 2 heterocycles. The molecule has 3 N–H and O–H groups in total. The Labute approximate surface area is 173 Å². The van der Waals surface area contributed by atoms with Crippen LogP contribution in [0, 0.1) is 6.92 Å². The van der Waals surface area contributed by atoms with E-state index in [9.17, 15) is 9.59 Å². The largest absolute Gasteiger partial charge is 0.481 e. The Balaban J connectivity index is 1.66. The van der Waals surface area contributed by atoms with Gasteiger partial charge in [-0.05, 0) is 24.1 Å². The van der Waals surface area contributed by atoms with E-state index in [0.29, 0.717) is 5.95 Å². The molecule has 0 radical (unpaired) electrons. The zero-order valence-corrected chi connectivity index (χ0v) is 16.4. The van der Waals surface area contributed by atoms with Crippen LogP contribution in [0.1, 0.15) is 35.6 Å². The second kappa shape index (κ2) is 8.20. The van der Waals surface area contributed by atoms with Crippen LogP contribution in [0.4, 0.5) is 11.9 Å². The van der Waals surface area contributed by atoms with Crippen LogP contribution >= 0.6 is 0 Å². The van der Waals surface area contributed by atoms with Crippen molar-refractivity contribution in [2.75, 3.05) is 10.6 Å². The van der Waals surface area contributed by atoms with Gasteiger partial charge in [-0.2, -0.15) is 4.98 Å². The van der Waals surface area contributed by atoms with Crippen molar-refractivity contribution in [1.82, 2.24) is 14.8 Å². The lowest BCUT2D eigenvalue weighted by Crippen LogP contribution is -2.20. The van der Waals surface area contributed by atoms with Crippen LogP contribution in [0.3, 0.4) is 0 Å². The van der Waals surface area contributed by atoms with Gasteiger partial charge in [-0.3, -0.25) is 14.9 Å². The average molecular weight is 403 g/mol. The Morgan fingerprint density at radius 3 is 2.53 bits per heavy atom. The summed E-state index contributed by atoms with van der Waals surface area (Å²) < 4.78 is 1.71. The molecule has 8 nitrogen and oxygen atoms in total. The van der Waals surface area contributed by atoms with Gasteiger partial charge in [0.15, 0.2) is 0 Å². The Morgan fingerprint density at radius 1 is 1.10 bits per heavy atom. The third-order valence-corrected chi connectivity index (χ3v) is 4.79. The summed E-state index contributed by atoms with van der Waals surface area (Å²) in [4.78, 5) is 27.1. The number of nitrogens with one attached hydrogen (secondary N) is 2. The van der Waals surface area contributed by atoms with Crippen LogP contribution in [0.15, 0.2) is 60.7 Å². The van der Waals surface area contributed by atoms with Crippen LogP contribution in [-0.4, -0.2) is 31.7 Å². The van der Waals surface area contributed by atoms with Gasteiger partial charge in [0.2, 0.25) is 11.9 Å². The first-order valence-electron chi connectivity index (χ1n) is 9.58. The van der Waals surface area contributed by atoms with Gasteiger partial charge in [0.1, 0.15) is 6.04 Å². The number of amides is 1. The Morgan fingerprint density at radius 2 is 1.83 bits per heavy atom. The topological polar surface area (TPSA) is 109 Å². The first-order chi connectivity index (χ1) is 14.5. The maximum atomic E-state index is 12.0. The van der Waals surface area contributed by atoms with Crippen molar-refractivity contribution in [3.05, 3.63) is 77.4 Å². The molecule has 3 aromatic rings. The third-order valence-electron chi connectivity index (χ3n) is 4.79. The zero-order valence-electron chi connectivity index (χ0n) is 16.4. The Hall–Kier alpha value is -3.94. The lowest BCUT2D eigenvalue weighted by molar-refractivity contribution is -0.138. The molecule has 152 valence electrons. The lowest BCUT2D eigenvalue weighted by atomic mass is 10.0. The maximum absolute atomic E-state index is 12.0. The highest BCUT2D eigenvalue weighted by Crippen LogP contribution is 2.33. The number of nitrogens with zero attached hydrogens (tertiary/aromatic N) is 3. The van der Waals surface area contributed by atoms with E-state index >= 15 is 0 Å². The van der Waals surface area contributed by atoms with Crippen LogP contribution in [-0.2, 0) is 9.59 Å². The van der Waals surface area contributed by atoms with E-state index in [-0.39, 0.29) is 24.8 Å². The number of carboxylic acids is 1.